The molecule has 0 bridgehead atoms. The van der Waals surface area contributed by atoms with Crippen LogP contribution in [0.3, 0.4) is 0 Å². The Balaban J connectivity index is 1.23. The topological polar surface area (TPSA) is 150 Å². The van der Waals surface area contributed by atoms with Crippen molar-refractivity contribution in [1.29, 1.82) is 0 Å². The van der Waals surface area contributed by atoms with Crippen LogP contribution < -0.4 is 15.6 Å². The molecule has 13 heteroatoms. The fourth-order valence-corrected chi connectivity index (χ4v) is 7.75. The predicted octanol–water partition coefficient (Wildman–Crippen LogP) is 2.86. The molecule has 44 heavy (non-hydrogen) atoms. The van der Waals surface area contributed by atoms with E-state index in [1.165, 1.54) is 42.7 Å². The molecule has 2 aromatic carbocycles. The van der Waals surface area contributed by atoms with Gasteiger partial charge in [0.2, 0.25) is 10.0 Å². The van der Waals surface area contributed by atoms with Crippen molar-refractivity contribution < 1.29 is 22.7 Å². The average molecular weight is 621 g/mol. The normalized spacial score (nSPS) is 20.1. The van der Waals surface area contributed by atoms with Crippen LogP contribution in [0, 0.1) is 5.82 Å². The van der Waals surface area contributed by atoms with Gasteiger partial charge in [-0.3, -0.25) is 9.62 Å². The van der Waals surface area contributed by atoms with Crippen molar-refractivity contribution in [1.82, 2.24) is 24.3 Å². The van der Waals surface area contributed by atoms with E-state index in [9.17, 15) is 18.3 Å². The summed E-state index contributed by atoms with van der Waals surface area (Å²) in [5.74, 6) is -2.65. The molecule has 232 valence electrons. The fourth-order valence-electron chi connectivity index (χ4n) is 6.51. The van der Waals surface area contributed by atoms with Gasteiger partial charge < -0.3 is 25.1 Å². The number of fused-ring (bicyclic) bond motifs is 1. The number of likely N-dealkylation sites (N-methyl/N-ethyl adjacent to an activating group) is 1. The summed E-state index contributed by atoms with van der Waals surface area (Å²) < 4.78 is 45.5. The number of carbonyl (C=O) groups is 1. The van der Waals surface area contributed by atoms with Crippen molar-refractivity contribution in [3.8, 4) is 11.1 Å². The lowest BCUT2D eigenvalue weighted by Crippen LogP contribution is -2.49. The Kier molecular flexibility index (Phi) is 8.27. The second-order valence-electron chi connectivity index (χ2n) is 11.7. The van der Waals surface area contributed by atoms with Gasteiger partial charge in [-0.25, -0.2) is 22.8 Å². The summed E-state index contributed by atoms with van der Waals surface area (Å²) in [6, 6.07) is 10.6. The first-order valence-corrected chi connectivity index (χ1v) is 16.4. The van der Waals surface area contributed by atoms with E-state index in [2.05, 4.69) is 36.1 Å². The number of carboxylic acids is 1. The molecule has 3 heterocycles. The SMILES string of the molecule is CN1CCN(C2CCC(n3cc(-c4ccc(NS(=O)(=O)Cc5ccccc5C(=O)[O-])c(F)c4)c4c(N)ncnc43)CC2)CC1. The number of hydrogen-bond acceptors (Lipinski definition) is 9. The molecular formula is C31H35FN7O4S-. The third-order valence-electron chi connectivity index (χ3n) is 8.88. The van der Waals surface area contributed by atoms with Crippen LogP contribution in [0.1, 0.15) is 47.6 Å². The highest BCUT2D eigenvalue weighted by Crippen LogP contribution is 2.39. The molecule has 0 atom stereocenters. The molecule has 0 amide bonds. The zero-order valence-corrected chi connectivity index (χ0v) is 25.3. The third-order valence-corrected chi connectivity index (χ3v) is 10.1. The highest BCUT2D eigenvalue weighted by Gasteiger charge is 2.30. The lowest BCUT2D eigenvalue weighted by atomic mass is 9.89. The quantitative estimate of drug-likeness (QED) is 0.303. The minimum absolute atomic E-state index is 0.0397. The smallest absolute Gasteiger partial charge is 0.237 e. The number of nitrogens with one attached hydrogen (secondary N) is 1. The van der Waals surface area contributed by atoms with Crippen LogP contribution in [0.15, 0.2) is 55.0 Å². The number of nitrogen functional groups attached to an aromatic ring is 1. The average Bonchev–Trinajstić information content (AvgIpc) is 3.40. The minimum Gasteiger partial charge on any atom is -0.545 e. The van der Waals surface area contributed by atoms with Crippen molar-refractivity contribution >= 4 is 38.5 Å². The summed E-state index contributed by atoms with van der Waals surface area (Å²) in [6.07, 6.45) is 7.53. The standard InChI is InChI=1S/C31H36FN7O4S/c1-37-12-14-38(15-13-37)22-7-9-23(10-8-22)39-17-25(28-29(33)34-19-35-30(28)39)20-6-11-27(26(32)16-20)36-44(42,43)18-21-4-2-3-5-24(21)31(40)41/h2-6,11,16-17,19,22-23,36H,7-10,12-15,18H2,1H3,(H,40,41)(H2,33,34,35)/p-1. The van der Waals surface area contributed by atoms with Crippen molar-refractivity contribution in [2.75, 3.05) is 43.7 Å². The van der Waals surface area contributed by atoms with Crippen molar-refractivity contribution in [3.63, 3.8) is 0 Å². The first-order valence-electron chi connectivity index (χ1n) is 14.7. The molecule has 2 fully saturated rings. The van der Waals surface area contributed by atoms with E-state index in [0.29, 0.717) is 28.2 Å². The van der Waals surface area contributed by atoms with Crippen LogP contribution in [0.4, 0.5) is 15.9 Å². The van der Waals surface area contributed by atoms with Gasteiger partial charge in [-0.2, -0.15) is 0 Å². The second-order valence-corrected chi connectivity index (χ2v) is 13.4. The molecule has 2 aromatic heterocycles. The second kappa shape index (κ2) is 12.1. The maximum absolute atomic E-state index is 15.4. The third kappa shape index (κ3) is 6.12. The number of piperazine rings is 1. The van der Waals surface area contributed by atoms with Crippen molar-refractivity contribution in [3.05, 3.63) is 71.9 Å². The van der Waals surface area contributed by atoms with Crippen LogP contribution in [-0.2, 0) is 15.8 Å². The van der Waals surface area contributed by atoms with Crippen LogP contribution in [0.5, 0.6) is 0 Å². The summed E-state index contributed by atoms with van der Waals surface area (Å²) in [6.45, 7) is 4.37. The molecular weight excluding hydrogens is 585 g/mol. The molecule has 3 N–H and O–H groups in total. The molecule has 1 aliphatic heterocycles. The fraction of sp³-hybridized carbons (Fsp3) is 0.387. The van der Waals surface area contributed by atoms with Gasteiger partial charge in [0.1, 0.15) is 23.6 Å². The van der Waals surface area contributed by atoms with Gasteiger partial charge >= 0.3 is 0 Å². The van der Waals surface area contributed by atoms with E-state index >= 15 is 4.39 Å². The molecule has 6 rings (SSSR count). The van der Waals surface area contributed by atoms with Crippen LogP contribution in [-0.4, -0.2) is 78.0 Å². The van der Waals surface area contributed by atoms with E-state index < -0.39 is 27.6 Å². The molecule has 11 nitrogen and oxygen atoms in total. The van der Waals surface area contributed by atoms with Gasteiger partial charge in [0, 0.05) is 55.6 Å². The number of aromatic carboxylic acids is 1. The van der Waals surface area contributed by atoms with Gasteiger partial charge in [0.05, 0.1) is 22.8 Å². The number of carboxylic acid groups (broad SMARTS) is 1. The number of nitrogens with two attached hydrogens (primary N) is 1. The van der Waals surface area contributed by atoms with Gasteiger partial charge in [-0.15, -0.1) is 0 Å². The van der Waals surface area contributed by atoms with Gasteiger partial charge in [-0.05, 0) is 56.0 Å². The van der Waals surface area contributed by atoms with Gasteiger partial charge in [-0.1, -0.05) is 30.3 Å². The Hall–Kier alpha value is -4.07. The number of aromatic nitrogens is 3. The lowest BCUT2D eigenvalue weighted by molar-refractivity contribution is -0.255. The Morgan fingerprint density at radius 1 is 1.05 bits per heavy atom. The highest BCUT2D eigenvalue weighted by molar-refractivity contribution is 7.91. The number of benzene rings is 2. The number of rotatable bonds is 8. The number of anilines is 2. The van der Waals surface area contributed by atoms with Gasteiger partial charge in [0.25, 0.3) is 0 Å². The molecule has 2 aliphatic rings. The molecule has 4 aromatic rings. The first kappa shape index (κ1) is 30.0. The van der Waals surface area contributed by atoms with Crippen molar-refractivity contribution in [2.45, 2.75) is 43.5 Å². The maximum Gasteiger partial charge on any atom is 0.237 e. The van der Waals surface area contributed by atoms with E-state index in [1.54, 1.807) is 6.07 Å². The van der Waals surface area contributed by atoms with Gasteiger partial charge in [0.15, 0.2) is 0 Å². The molecule has 1 saturated heterocycles. The number of hydrogen-bond donors (Lipinski definition) is 2. The van der Waals surface area contributed by atoms with Crippen LogP contribution in [0.2, 0.25) is 0 Å². The van der Waals surface area contributed by atoms with Crippen LogP contribution in [0.25, 0.3) is 22.2 Å². The van der Waals surface area contributed by atoms with E-state index in [0.717, 1.165) is 51.9 Å². The monoisotopic (exact) mass is 620 g/mol. The largest absolute Gasteiger partial charge is 0.545 e. The molecule has 0 radical (unpaired) electrons. The molecule has 0 spiro atoms. The summed E-state index contributed by atoms with van der Waals surface area (Å²) in [5, 5.41) is 12.0. The van der Waals surface area contributed by atoms with E-state index in [4.69, 9.17) is 5.73 Å². The first-order chi connectivity index (χ1) is 21.1. The van der Waals surface area contributed by atoms with E-state index in [1.807, 2.05) is 6.20 Å². The van der Waals surface area contributed by atoms with E-state index in [-0.39, 0.29) is 28.7 Å². The molecule has 1 aliphatic carbocycles. The number of halogens is 1. The number of sulfonamides is 1. The summed E-state index contributed by atoms with van der Waals surface area (Å²) in [5.41, 5.74) is 7.72. The zero-order valence-electron chi connectivity index (χ0n) is 24.4. The Morgan fingerprint density at radius 2 is 1.75 bits per heavy atom. The highest BCUT2D eigenvalue weighted by atomic mass is 32.2. The van der Waals surface area contributed by atoms with Crippen molar-refractivity contribution in [2.24, 2.45) is 0 Å². The molecule has 1 saturated carbocycles. The Labute approximate surface area is 255 Å². The Bertz CT molecular complexity index is 1800. The zero-order chi connectivity index (χ0) is 31.0. The summed E-state index contributed by atoms with van der Waals surface area (Å²) in [7, 11) is -1.98. The Morgan fingerprint density at radius 3 is 2.45 bits per heavy atom. The number of nitrogens with zero attached hydrogens (tertiary/aromatic N) is 5. The maximum atomic E-state index is 15.4. The van der Waals surface area contributed by atoms with Crippen LogP contribution >= 0.6 is 0 Å². The predicted molar refractivity (Wildman–Crippen MR) is 165 cm³/mol. The molecule has 0 unspecified atom stereocenters. The number of carbonyl (C=O) groups excluding carboxylic acids is 1. The lowest BCUT2D eigenvalue weighted by Gasteiger charge is -2.41. The summed E-state index contributed by atoms with van der Waals surface area (Å²) >= 11 is 0. The summed E-state index contributed by atoms with van der Waals surface area (Å²) in [4.78, 5) is 25.1. The minimum atomic E-state index is -4.14.